The van der Waals surface area contributed by atoms with Crippen molar-refractivity contribution in [3.05, 3.63) is 36.0 Å². The zero-order chi connectivity index (χ0) is 29.7. The van der Waals surface area contributed by atoms with Crippen molar-refractivity contribution in [3.8, 4) is 0 Å². The Balaban J connectivity index is 2.29. The standard InChI is InChI=1S/C25H38N8O5S2/c1-40-10-8-19(24(37)38)32-22(35)18(7-4-9-29-25(27)28)31-23(36)20(33-21(34)16(26)13-39)11-14-12-30-17-6-3-2-5-15(14)17/h2-3,5-6,12,16,18-20,30,39H,4,7-11,13,26H2,1H3,(H,31,36)(H,32,35)(H,33,34)(H,37,38)(H4,27,28,29). The molecule has 11 N–H and O–H groups in total. The Bertz CT molecular complexity index is 1190. The molecule has 3 amide bonds. The molecule has 0 aliphatic carbocycles. The number of rotatable bonds is 17. The molecule has 0 spiro atoms. The van der Waals surface area contributed by atoms with Crippen LogP contribution in [0.2, 0.25) is 0 Å². The monoisotopic (exact) mass is 594 g/mol. The minimum absolute atomic E-state index is 0.0652. The first-order chi connectivity index (χ1) is 19.1. The number of aliphatic imine (C=N–C) groups is 1. The van der Waals surface area contributed by atoms with Crippen LogP contribution in [0.3, 0.4) is 0 Å². The summed E-state index contributed by atoms with van der Waals surface area (Å²) >= 11 is 5.51. The molecule has 0 saturated carbocycles. The molecule has 0 radical (unpaired) electrons. The summed E-state index contributed by atoms with van der Waals surface area (Å²) in [6.45, 7) is 0.198. The molecule has 0 aliphatic rings. The van der Waals surface area contributed by atoms with E-state index in [4.69, 9.17) is 17.2 Å². The number of nitrogens with zero attached hydrogens (tertiary/aromatic N) is 1. The van der Waals surface area contributed by atoms with Crippen molar-refractivity contribution >= 4 is 64.9 Å². The normalized spacial score (nSPS) is 14.0. The van der Waals surface area contributed by atoms with Crippen molar-refractivity contribution < 1.29 is 24.3 Å². The highest BCUT2D eigenvalue weighted by Gasteiger charge is 2.30. The van der Waals surface area contributed by atoms with Gasteiger partial charge in [0.05, 0.1) is 6.04 Å². The number of aliphatic carboxylic acids is 1. The van der Waals surface area contributed by atoms with Crippen molar-refractivity contribution in [1.82, 2.24) is 20.9 Å². The molecular formula is C25H38N8O5S2. The Morgan fingerprint density at radius 2 is 1.68 bits per heavy atom. The van der Waals surface area contributed by atoms with Crippen molar-refractivity contribution in [1.29, 1.82) is 0 Å². The number of carboxylic acids is 1. The summed E-state index contributed by atoms with van der Waals surface area (Å²) in [5.41, 5.74) is 18.2. The van der Waals surface area contributed by atoms with Crippen LogP contribution < -0.4 is 33.2 Å². The summed E-state index contributed by atoms with van der Waals surface area (Å²) in [5.74, 6) is -2.60. The predicted molar refractivity (Wildman–Crippen MR) is 160 cm³/mol. The second-order valence-electron chi connectivity index (χ2n) is 9.10. The number of aromatic amines is 1. The molecule has 220 valence electrons. The number of thioether (sulfide) groups is 1. The lowest BCUT2D eigenvalue weighted by Gasteiger charge is -2.25. The number of amides is 3. The van der Waals surface area contributed by atoms with E-state index in [1.165, 1.54) is 11.8 Å². The molecule has 40 heavy (non-hydrogen) atoms. The molecule has 1 aromatic heterocycles. The van der Waals surface area contributed by atoms with Gasteiger partial charge in [-0.05, 0) is 42.9 Å². The van der Waals surface area contributed by atoms with Crippen LogP contribution in [0, 0.1) is 0 Å². The first-order valence-electron chi connectivity index (χ1n) is 12.7. The minimum atomic E-state index is -1.18. The predicted octanol–water partition coefficient (Wildman–Crippen LogP) is -0.687. The third kappa shape index (κ3) is 10.3. The number of thiol groups is 1. The third-order valence-corrected chi connectivity index (χ3v) is 7.11. The second-order valence-corrected chi connectivity index (χ2v) is 10.5. The van der Waals surface area contributed by atoms with Crippen LogP contribution >= 0.6 is 24.4 Å². The summed E-state index contributed by atoms with van der Waals surface area (Å²) in [5, 5.41) is 18.3. The van der Waals surface area contributed by atoms with E-state index >= 15 is 0 Å². The fraction of sp³-hybridized carbons (Fsp3) is 0.480. The smallest absolute Gasteiger partial charge is 0.326 e. The topological polar surface area (TPSA) is 231 Å². The number of H-pyrrole nitrogens is 1. The fourth-order valence-corrected chi connectivity index (χ4v) is 4.54. The Hall–Kier alpha value is -3.43. The van der Waals surface area contributed by atoms with Gasteiger partial charge in [0.2, 0.25) is 17.7 Å². The number of carbonyl (C=O) groups is 4. The second kappa shape index (κ2) is 16.6. The Morgan fingerprint density at radius 3 is 2.33 bits per heavy atom. The molecular weight excluding hydrogens is 556 g/mol. The van der Waals surface area contributed by atoms with Gasteiger partial charge in [0.15, 0.2) is 5.96 Å². The first-order valence-corrected chi connectivity index (χ1v) is 14.7. The van der Waals surface area contributed by atoms with Crippen LogP contribution in [0.25, 0.3) is 10.9 Å². The van der Waals surface area contributed by atoms with Crippen LogP contribution in [0.4, 0.5) is 0 Å². The van der Waals surface area contributed by atoms with Crippen LogP contribution in [0.1, 0.15) is 24.8 Å². The van der Waals surface area contributed by atoms with Gasteiger partial charge in [-0.15, -0.1) is 0 Å². The van der Waals surface area contributed by atoms with Gasteiger partial charge in [0.1, 0.15) is 18.1 Å². The average molecular weight is 595 g/mol. The van der Waals surface area contributed by atoms with E-state index in [-0.39, 0.29) is 37.5 Å². The number of fused-ring (bicyclic) bond motifs is 1. The van der Waals surface area contributed by atoms with Crippen molar-refractivity contribution in [2.24, 2.45) is 22.2 Å². The Labute approximate surface area is 242 Å². The van der Waals surface area contributed by atoms with Crippen LogP contribution in [-0.4, -0.2) is 88.2 Å². The van der Waals surface area contributed by atoms with Gasteiger partial charge in [-0.1, -0.05) is 18.2 Å². The molecule has 0 aliphatic heterocycles. The van der Waals surface area contributed by atoms with Crippen LogP contribution in [-0.2, 0) is 25.6 Å². The molecule has 2 aromatic rings. The largest absolute Gasteiger partial charge is 0.480 e. The molecule has 13 nitrogen and oxygen atoms in total. The van der Waals surface area contributed by atoms with Gasteiger partial charge < -0.3 is 43.2 Å². The SMILES string of the molecule is CSCCC(NC(=O)C(CCCN=C(N)N)NC(=O)C(Cc1c[nH]c2ccccc12)NC(=O)C(N)CS)C(=O)O. The van der Waals surface area contributed by atoms with Gasteiger partial charge in [-0.25, -0.2) is 4.79 Å². The molecule has 4 atom stereocenters. The van der Waals surface area contributed by atoms with E-state index in [2.05, 4.69) is 38.6 Å². The van der Waals surface area contributed by atoms with Gasteiger partial charge >= 0.3 is 5.97 Å². The number of nitrogens with one attached hydrogen (secondary N) is 4. The average Bonchev–Trinajstić information content (AvgIpc) is 3.33. The van der Waals surface area contributed by atoms with Crippen molar-refractivity contribution in [2.75, 3.05) is 24.3 Å². The lowest BCUT2D eigenvalue weighted by molar-refractivity contribution is -0.142. The number of hydrogen-bond donors (Lipinski definition) is 9. The van der Waals surface area contributed by atoms with Gasteiger partial charge in [0, 0.05) is 35.8 Å². The Morgan fingerprint density at radius 1 is 1.02 bits per heavy atom. The van der Waals surface area contributed by atoms with Gasteiger partial charge in [0.25, 0.3) is 0 Å². The molecule has 1 aromatic carbocycles. The third-order valence-electron chi connectivity index (χ3n) is 6.07. The van der Waals surface area contributed by atoms with Crippen LogP contribution in [0.15, 0.2) is 35.5 Å². The Kier molecular flexibility index (Phi) is 13.6. The molecule has 4 unspecified atom stereocenters. The van der Waals surface area contributed by atoms with E-state index < -0.39 is 47.9 Å². The highest BCUT2D eigenvalue weighted by Crippen LogP contribution is 2.19. The van der Waals surface area contributed by atoms with E-state index in [0.717, 1.165) is 16.5 Å². The van der Waals surface area contributed by atoms with Gasteiger partial charge in [-0.2, -0.15) is 24.4 Å². The molecule has 15 heteroatoms. The molecule has 2 rings (SSSR count). The zero-order valence-corrected chi connectivity index (χ0v) is 24.0. The summed E-state index contributed by atoms with van der Waals surface area (Å²) in [4.78, 5) is 58.1. The van der Waals surface area contributed by atoms with Crippen molar-refractivity contribution in [3.63, 3.8) is 0 Å². The number of hydrogen-bond acceptors (Lipinski definition) is 8. The number of nitrogens with two attached hydrogens (primary N) is 3. The highest BCUT2D eigenvalue weighted by molar-refractivity contribution is 7.98. The lowest BCUT2D eigenvalue weighted by Crippen LogP contribution is -2.57. The number of para-hydroxylation sites is 1. The first kappa shape index (κ1) is 32.8. The van der Waals surface area contributed by atoms with E-state index in [1.54, 1.807) is 6.20 Å². The maximum atomic E-state index is 13.5. The molecule has 0 saturated heterocycles. The quantitative estimate of drug-likeness (QED) is 0.0488. The van der Waals surface area contributed by atoms with Gasteiger partial charge in [-0.3, -0.25) is 19.4 Å². The summed E-state index contributed by atoms with van der Waals surface area (Å²) in [6, 6.07) is 3.22. The number of benzene rings is 1. The molecule has 0 bridgehead atoms. The summed E-state index contributed by atoms with van der Waals surface area (Å²) < 4.78 is 0. The van der Waals surface area contributed by atoms with E-state index in [1.807, 2.05) is 30.5 Å². The lowest BCUT2D eigenvalue weighted by atomic mass is 10.0. The van der Waals surface area contributed by atoms with Crippen LogP contribution in [0.5, 0.6) is 0 Å². The molecule has 1 heterocycles. The number of carboxylic acid groups (broad SMARTS) is 1. The maximum absolute atomic E-state index is 13.5. The fourth-order valence-electron chi connectivity index (χ4n) is 3.90. The number of guanidine groups is 1. The van der Waals surface area contributed by atoms with E-state index in [0.29, 0.717) is 12.2 Å². The zero-order valence-electron chi connectivity index (χ0n) is 22.3. The number of aromatic nitrogens is 1. The molecule has 0 fully saturated rings. The summed E-state index contributed by atoms with van der Waals surface area (Å²) in [6.07, 6.45) is 4.33. The summed E-state index contributed by atoms with van der Waals surface area (Å²) in [7, 11) is 0. The number of carbonyl (C=O) groups excluding carboxylic acids is 3. The minimum Gasteiger partial charge on any atom is -0.480 e. The van der Waals surface area contributed by atoms with E-state index in [9.17, 15) is 24.3 Å². The maximum Gasteiger partial charge on any atom is 0.326 e. The highest BCUT2D eigenvalue weighted by atomic mass is 32.2. The van der Waals surface area contributed by atoms with Crippen molar-refractivity contribution in [2.45, 2.75) is 49.9 Å².